The maximum atomic E-state index is 12.2. The van der Waals surface area contributed by atoms with Crippen LogP contribution in [0.1, 0.15) is 30.4 Å². The zero-order valence-electron chi connectivity index (χ0n) is 13.2. The third-order valence-corrected chi connectivity index (χ3v) is 4.41. The van der Waals surface area contributed by atoms with Gasteiger partial charge in [0.15, 0.2) is 5.82 Å². The Hall–Kier alpha value is -2.14. The maximum Gasteiger partial charge on any atom is 0.261 e. The van der Waals surface area contributed by atoms with Gasteiger partial charge in [-0.3, -0.25) is 4.79 Å². The van der Waals surface area contributed by atoms with Gasteiger partial charge in [-0.05, 0) is 45.0 Å². The van der Waals surface area contributed by atoms with Crippen molar-refractivity contribution < 1.29 is 4.79 Å². The zero-order chi connectivity index (χ0) is 15.9. The number of hydrogen-bond acceptors (Lipinski definition) is 3. The van der Waals surface area contributed by atoms with Crippen LogP contribution in [0.5, 0.6) is 0 Å². The molecule has 0 aliphatic rings. The van der Waals surface area contributed by atoms with Gasteiger partial charge in [-0.2, -0.15) is 0 Å². The molecule has 2 heterocycles. The molecule has 0 bridgehead atoms. The van der Waals surface area contributed by atoms with Gasteiger partial charge >= 0.3 is 0 Å². The van der Waals surface area contributed by atoms with E-state index < -0.39 is 0 Å². The lowest BCUT2D eigenvalue weighted by Gasteiger charge is -2.19. The lowest BCUT2D eigenvalue weighted by atomic mass is 10.1. The zero-order valence-corrected chi connectivity index (χ0v) is 14.0. The molecule has 0 unspecified atom stereocenters. The van der Waals surface area contributed by atoms with Gasteiger partial charge in [-0.1, -0.05) is 12.1 Å². The van der Waals surface area contributed by atoms with E-state index in [9.17, 15) is 4.79 Å². The van der Waals surface area contributed by atoms with Crippen LogP contribution in [-0.4, -0.2) is 21.0 Å². The summed E-state index contributed by atoms with van der Waals surface area (Å²) in [7, 11) is 2.00. The summed E-state index contributed by atoms with van der Waals surface area (Å²) in [6.45, 7) is 5.93. The molecular formula is C17H19N3OS. The number of amides is 1. The predicted molar refractivity (Wildman–Crippen MR) is 91.2 cm³/mol. The number of hydrogen-bond donors (Lipinski definition) is 1. The summed E-state index contributed by atoms with van der Waals surface area (Å²) in [5, 5.41) is 2.99. The number of carbonyl (C=O) groups excluding carboxylic acids is 1. The van der Waals surface area contributed by atoms with E-state index in [1.165, 1.54) is 11.3 Å². The topological polar surface area (TPSA) is 46.9 Å². The minimum atomic E-state index is -0.237. The molecule has 0 atom stereocenters. The van der Waals surface area contributed by atoms with Crippen molar-refractivity contribution >= 4 is 28.3 Å². The maximum absolute atomic E-state index is 12.2. The summed E-state index contributed by atoms with van der Waals surface area (Å²) >= 11 is 1.47. The van der Waals surface area contributed by atoms with Crippen LogP contribution in [0, 0.1) is 0 Å². The summed E-state index contributed by atoms with van der Waals surface area (Å²) in [5.74, 6) is 0.850. The van der Waals surface area contributed by atoms with E-state index in [2.05, 4.69) is 14.9 Å². The van der Waals surface area contributed by atoms with Crippen molar-refractivity contribution in [2.24, 2.45) is 7.05 Å². The highest BCUT2D eigenvalue weighted by atomic mass is 32.1. The number of nitrogens with one attached hydrogen (secondary N) is 1. The smallest absolute Gasteiger partial charge is 0.261 e. The van der Waals surface area contributed by atoms with Gasteiger partial charge in [0, 0.05) is 12.6 Å². The summed E-state index contributed by atoms with van der Waals surface area (Å²) in [5.41, 5.74) is 1.82. The van der Waals surface area contributed by atoms with Crippen molar-refractivity contribution in [2.75, 3.05) is 0 Å². The van der Waals surface area contributed by atoms with Crippen molar-refractivity contribution in [3.05, 3.63) is 41.3 Å². The van der Waals surface area contributed by atoms with Crippen molar-refractivity contribution in [3.8, 4) is 10.7 Å². The first-order valence-electron chi connectivity index (χ1n) is 7.19. The Bertz CT molecular complexity index is 839. The highest BCUT2D eigenvalue weighted by molar-refractivity contribution is 7.17. The Morgan fingerprint density at radius 3 is 2.59 bits per heavy atom. The third kappa shape index (κ3) is 2.76. The molecule has 22 heavy (non-hydrogen) atoms. The normalized spacial score (nSPS) is 11.8. The standard InChI is InChI=1S/C17H19N3OS/c1-17(2,3)19-16(21)14-10-9-13(22-14)15-18-11-7-5-6-8-12(11)20(15)4/h5-10H,1-4H3,(H,19,21). The van der Waals surface area contributed by atoms with Gasteiger partial charge < -0.3 is 9.88 Å². The monoisotopic (exact) mass is 313 g/mol. The fourth-order valence-electron chi connectivity index (χ4n) is 2.35. The number of thiophene rings is 1. The molecule has 3 aromatic rings. The number of aryl methyl sites for hydroxylation is 1. The summed E-state index contributed by atoms with van der Waals surface area (Å²) in [6.07, 6.45) is 0. The summed E-state index contributed by atoms with van der Waals surface area (Å²) < 4.78 is 2.06. The van der Waals surface area contributed by atoms with E-state index in [4.69, 9.17) is 0 Å². The number of carbonyl (C=O) groups is 1. The molecule has 0 saturated carbocycles. The van der Waals surface area contributed by atoms with Crippen LogP contribution in [-0.2, 0) is 7.05 Å². The molecule has 114 valence electrons. The molecule has 1 aromatic carbocycles. The highest BCUT2D eigenvalue weighted by Gasteiger charge is 2.18. The van der Waals surface area contributed by atoms with Crippen LogP contribution < -0.4 is 5.32 Å². The van der Waals surface area contributed by atoms with Crippen LogP contribution in [0.3, 0.4) is 0 Å². The summed E-state index contributed by atoms with van der Waals surface area (Å²) in [4.78, 5) is 18.6. The number of nitrogens with zero attached hydrogens (tertiary/aromatic N) is 2. The van der Waals surface area contributed by atoms with Gasteiger partial charge in [0.05, 0.1) is 20.8 Å². The average Bonchev–Trinajstić information content (AvgIpc) is 3.03. The molecule has 0 radical (unpaired) electrons. The fraction of sp³-hybridized carbons (Fsp3) is 0.294. The number of aromatic nitrogens is 2. The van der Waals surface area contributed by atoms with Gasteiger partial charge in [-0.25, -0.2) is 4.98 Å². The van der Waals surface area contributed by atoms with Crippen molar-refractivity contribution in [3.63, 3.8) is 0 Å². The lowest BCUT2D eigenvalue weighted by Crippen LogP contribution is -2.40. The van der Waals surface area contributed by atoms with E-state index in [0.29, 0.717) is 4.88 Å². The first-order valence-corrected chi connectivity index (χ1v) is 8.01. The first kappa shape index (κ1) is 14.8. The molecule has 1 amide bonds. The number of imidazole rings is 1. The number of benzene rings is 1. The second kappa shape index (κ2) is 5.25. The molecule has 1 N–H and O–H groups in total. The molecule has 0 fully saturated rings. The molecular weight excluding hydrogens is 294 g/mol. The van der Waals surface area contributed by atoms with Crippen molar-refractivity contribution in [1.82, 2.24) is 14.9 Å². The molecule has 0 spiro atoms. The van der Waals surface area contributed by atoms with Gasteiger partial charge in [-0.15, -0.1) is 11.3 Å². The van der Waals surface area contributed by atoms with E-state index >= 15 is 0 Å². The second-order valence-electron chi connectivity index (χ2n) is 6.35. The Labute approximate surface area is 133 Å². The van der Waals surface area contributed by atoms with E-state index in [0.717, 1.165) is 21.7 Å². The largest absolute Gasteiger partial charge is 0.347 e. The summed E-state index contributed by atoms with van der Waals surface area (Å²) in [6, 6.07) is 11.9. The Kier molecular flexibility index (Phi) is 3.53. The van der Waals surface area contributed by atoms with Crippen molar-refractivity contribution in [1.29, 1.82) is 0 Å². The first-order chi connectivity index (χ1) is 10.3. The van der Waals surface area contributed by atoms with Gasteiger partial charge in [0.25, 0.3) is 5.91 Å². The second-order valence-corrected chi connectivity index (χ2v) is 7.43. The average molecular weight is 313 g/mol. The SMILES string of the molecule is Cn1c(-c2ccc(C(=O)NC(C)(C)C)s2)nc2ccccc21. The molecule has 5 heteroatoms. The van der Waals surface area contributed by atoms with Crippen LogP contribution in [0.4, 0.5) is 0 Å². The number of rotatable bonds is 2. The minimum absolute atomic E-state index is 0.0393. The third-order valence-electron chi connectivity index (χ3n) is 3.33. The molecule has 2 aromatic heterocycles. The Morgan fingerprint density at radius 2 is 1.91 bits per heavy atom. The van der Waals surface area contributed by atoms with E-state index in [1.807, 2.05) is 64.2 Å². The highest BCUT2D eigenvalue weighted by Crippen LogP contribution is 2.29. The van der Waals surface area contributed by atoms with Gasteiger partial charge in [0.1, 0.15) is 0 Å². The molecule has 0 aliphatic heterocycles. The van der Waals surface area contributed by atoms with E-state index in [-0.39, 0.29) is 11.4 Å². The quantitative estimate of drug-likeness (QED) is 0.781. The molecule has 4 nitrogen and oxygen atoms in total. The molecule has 3 rings (SSSR count). The molecule has 0 aliphatic carbocycles. The predicted octanol–water partition coefficient (Wildman–Crippen LogP) is 3.83. The van der Waals surface area contributed by atoms with Gasteiger partial charge in [0.2, 0.25) is 0 Å². The lowest BCUT2D eigenvalue weighted by molar-refractivity contribution is 0.0924. The fourth-order valence-corrected chi connectivity index (χ4v) is 3.27. The number of fused-ring (bicyclic) bond motifs is 1. The Balaban J connectivity index is 1.96. The van der Waals surface area contributed by atoms with Crippen LogP contribution >= 0.6 is 11.3 Å². The van der Waals surface area contributed by atoms with Crippen molar-refractivity contribution in [2.45, 2.75) is 26.3 Å². The van der Waals surface area contributed by atoms with Crippen LogP contribution in [0.15, 0.2) is 36.4 Å². The number of para-hydroxylation sites is 2. The van der Waals surface area contributed by atoms with Crippen LogP contribution in [0.25, 0.3) is 21.7 Å². The minimum Gasteiger partial charge on any atom is -0.347 e. The molecule has 0 saturated heterocycles. The van der Waals surface area contributed by atoms with Crippen LogP contribution in [0.2, 0.25) is 0 Å². The van der Waals surface area contributed by atoms with E-state index in [1.54, 1.807) is 0 Å². The Morgan fingerprint density at radius 1 is 1.18 bits per heavy atom.